The van der Waals surface area contributed by atoms with Crippen molar-refractivity contribution >= 4 is 40.1 Å². The Labute approximate surface area is 172 Å². The zero-order valence-electron chi connectivity index (χ0n) is 14.8. The van der Waals surface area contributed by atoms with Gasteiger partial charge in [-0.3, -0.25) is 4.79 Å². The lowest BCUT2D eigenvalue weighted by Gasteiger charge is -2.08. The number of hydrogen-bond donors (Lipinski definition) is 1. The van der Waals surface area contributed by atoms with E-state index < -0.39 is 5.97 Å². The molecule has 3 aromatic carbocycles. The molecule has 1 aromatic heterocycles. The van der Waals surface area contributed by atoms with Gasteiger partial charge in [-0.2, -0.15) is 0 Å². The number of rotatable bonds is 5. The van der Waals surface area contributed by atoms with E-state index in [1.807, 2.05) is 60.7 Å². The number of fused-ring (bicyclic) bond motifs is 1. The number of carboxylic acids is 1. The molecular weight excluding hydrogens is 395 g/mol. The standard InChI is InChI=1S/C23H16Cl2O3/c24-19-9-4-8-16(23(19)25)15-6-3-5-14(11-15)12-21-18(13-22(26)27)17-7-1-2-10-20(17)28-21/h1-11H,12-13H2,(H,26,27). The molecule has 0 spiro atoms. The number of aliphatic carboxylic acids is 1. The molecule has 0 aliphatic rings. The zero-order valence-corrected chi connectivity index (χ0v) is 16.3. The molecule has 0 aliphatic heterocycles. The Morgan fingerprint density at radius 2 is 1.75 bits per heavy atom. The van der Waals surface area contributed by atoms with Gasteiger partial charge in [0.15, 0.2) is 0 Å². The van der Waals surface area contributed by atoms with Crippen molar-refractivity contribution in [2.75, 3.05) is 0 Å². The lowest BCUT2D eigenvalue weighted by atomic mass is 9.99. The highest BCUT2D eigenvalue weighted by Crippen LogP contribution is 2.34. The average Bonchev–Trinajstić information content (AvgIpc) is 3.01. The summed E-state index contributed by atoms with van der Waals surface area (Å²) in [6.45, 7) is 0. The maximum atomic E-state index is 11.4. The highest BCUT2D eigenvalue weighted by Gasteiger charge is 2.17. The fourth-order valence-corrected chi connectivity index (χ4v) is 3.81. The molecule has 0 bridgehead atoms. The largest absolute Gasteiger partial charge is 0.481 e. The summed E-state index contributed by atoms with van der Waals surface area (Å²) in [7, 11) is 0. The molecule has 0 fully saturated rings. The third-order valence-electron chi connectivity index (χ3n) is 4.66. The minimum atomic E-state index is -0.882. The molecule has 28 heavy (non-hydrogen) atoms. The van der Waals surface area contributed by atoms with Crippen molar-refractivity contribution in [3.8, 4) is 11.1 Å². The van der Waals surface area contributed by atoms with E-state index in [2.05, 4.69) is 0 Å². The van der Waals surface area contributed by atoms with Gasteiger partial charge in [-0.15, -0.1) is 0 Å². The van der Waals surface area contributed by atoms with Crippen LogP contribution < -0.4 is 0 Å². The van der Waals surface area contributed by atoms with Gasteiger partial charge in [0, 0.05) is 22.9 Å². The van der Waals surface area contributed by atoms with Gasteiger partial charge in [0.2, 0.25) is 0 Å². The van der Waals surface area contributed by atoms with Crippen LogP contribution in [-0.4, -0.2) is 11.1 Å². The molecule has 0 aliphatic carbocycles. The second kappa shape index (κ2) is 7.70. The van der Waals surface area contributed by atoms with Crippen LogP contribution in [0.15, 0.2) is 71.1 Å². The summed E-state index contributed by atoms with van der Waals surface area (Å²) in [6.07, 6.45) is 0.412. The SMILES string of the molecule is O=C(O)Cc1c(Cc2cccc(-c3cccc(Cl)c3Cl)c2)oc2ccccc12. The second-order valence-electron chi connectivity index (χ2n) is 6.55. The molecule has 0 atom stereocenters. The van der Waals surface area contributed by atoms with E-state index in [9.17, 15) is 9.90 Å². The van der Waals surface area contributed by atoms with Crippen molar-refractivity contribution in [3.05, 3.63) is 93.7 Å². The van der Waals surface area contributed by atoms with Crippen LogP contribution >= 0.6 is 23.2 Å². The number of para-hydroxylation sites is 1. The second-order valence-corrected chi connectivity index (χ2v) is 7.33. The summed E-state index contributed by atoms with van der Waals surface area (Å²) in [6, 6.07) is 21.0. The Hall–Kier alpha value is -2.75. The fraction of sp³-hybridized carbons (Fsp3) is 0.0870. The third-order valence-corrected chi connectivity index (χ3v) is 5.48. The topological polar surface area (TPSA) is 50.4 Å². The number of benzene rings is 3. The summed E-state index contributed by atoms with van der Waals surface area (Å²) >= 11 is 12.5. The highest BCUT2D eigenvalue weighted by atomic mass is 35.5. The van der Waals surface area contributed by atoms with E-state index in [0.29, 0.717) is 33.4 Å². The van der Waals surface area contributed by atoms with Crippen molar-refractivity contribution in [1.29, 1.82) is 0 Å². The van der Waals surface area contributed by atoms with Gasteiger partial charge in [0.25, 0.3) is 0 Å². The first-order valence-corrected chi connectivity index (χ1v) is 9.53. The van der Waals surface area contributed by atoms with Crippen LogP contribution in [-0.2, 0) is 17.6 Å². The van der Waals surface area contributed by atoms with Crippen LogP contribution in [0, 0.1) is 0 Å². The molecule has 3 nitrogen and oxygen atoms in total. The lowest BCUT2D eigenvalue weighted by molar-refractivity contribution is -0.136. The molecule has 0 unspecified atom stereocenters. The van der Waals surface area contributed by atoms with Crippen LogP contribution in [0.5, 0.6) is 0 Å². The summed E-state index contributed by atoms with van der Waals surface area (Å²) in [5.74, 6) is -0.217. The van der Waals surface area contributed by atoms with Crippen LogP contribution in [0.1, 0.15) is 16.9 Å². The van der Waals surface area contributed by atoms with Gasteiger partial charge in [-0.1, -0.05) is 77.8 Å². The van der Waals surface area contributed by atoms with Gasteiger partial charge in [0.05, 0.1) is 16.5 Å². The summed E-state index contributed by atoms with van der Waals surface area (Å²) in [5, 5.41) is 11.2. The molecule has 4 aromatic rings. The number of halogens is 2. The van der Waals surface area contributed by atoms with Gasteiger partial charge in [-0.25, -0.2) is 0 Å². The fourth-order valence-electron chi connectivity index (χ4n) is 3.40. The maximum absolute atomic E-state index is 11.4. The predicted molar refractivity (Wildman–Crippen MR) is 112 cm³/mol. The van der Waals surface area contributed by atoms with Crippen LogP contribution in [0.4, 0.5) is 0 Å². The van der Waals surface area contributed by atoms with E-state index >= 15 is 0 Å². The normalized spacial score (nSPS) is 11.1. The van der Waals surface area contributed by atoms with Crippen molar-refractivity contribution < 1.29 is 14.3 Å². The van der Waals surface area contributed by atoms with Gasteiger partial charge < -0.3 is 9.52 Å². The number of hydrogen-bond acceptors (Lipinski definition) is 2. The lowest BCUT2D eigenvalue weighted by Crippen LogP contribution is -2.02. The van der Waals surface area contributed by atoms with E-state index in [1.165, 1.54) is 0 Å². The summed E-state index contributed by atoms with van der Waals surface area (Å²) < 4.78 is 5.98. The van der Waals surface area contributed by atoms with Gasteiger partial charge in [-0.05, 0) is 23.3 Å². The Morgan fingerprint density at radius 1 is 0.964 bits per heavy atom. The first-order chi connectivity index (χ1) is 13.5. The Balaban J connectivity index is 1.74. The van der Waals surface area contributed by atoms with Crippen LogP contribution in [0.3, 0.4) is 0 Å². The monoisotopic (exact) mass is 410 g/mol. The molecule has 0 saturated carbocycles. The molecule has 1 heterocycles. The summed E-state index contributed by atoms with van der Waals surface area (Å²) in [5.41, 5.74) is 4.21. The quantitative estimate of drug-likeness (QED) is 0.401. The number of carbonyl (C=O) groups is 1. The van der Waals surface area contributed by atoms with Crippen molar-refractivity contribution in [3.63, 3.8) is 0 Å². The molecule has 140 valence electrons. The minimum Gasteiger partial charge on any atom is -0.481 e. The Bertz CT molecular complexity index is 1180. The van der Waals surface area contributed by atoms with Crippen molar-refractivity contribution in [2.45, 2.75) is 12.8 Å². The molecule has 0 saturated heterocycles. The third kappa shape index (κ3) is 3.64. The molecule has 0 radical (unpaired) electrons. The summed E-state index contributed by atoms with van der Waals surface area (Å²) in [4.78, 5) is 11.4. The average molecular weight is 411 g/mol. The first-order valence-electron chi connectivity index (χ1n) is 8.77. The van der Waals surface area contributed by atoms with E-state index in [1.54, 1.807) is 6.07 Å². The van der Waals surface area contributed by atoms with Crippen molar-refractivity contribution in [2.24, 2.45) is 0 Å². The van der Waals surface area contributed by atoms with Crippen LogP contribution in [0.25, 0.3) is 22.1 Å². The van der Waals surface area contributed by atoms with E-state index in [-0.39, 0.29) is 6.42 Å². The molecule has 0 amide bonds. The Morgan fingerprint density at radius 3 is 2.57 bits per heavy atom. The first kappa shape index (κ1) is 18.6. The van der Waals surface area contributed by atoms with E-state index in [0.717, 1.165) is 22.1 Å². The van der Waals surface area contributed by atoms with Crippen molar-refractivity contribution in [1.82, 2.24) is 0 Å². The Kier molecular flexibility index (Phi) is 5.12. The maximum Gasteiger partial charge on any atom is 0.307 e. The predicted octanol–water partition coefficient (Wildman–Crippen LogP) is 6.62. The highest BCUT2D eigenvalue weighted by molar-refractivity contribution is 6.43. The van der Waals surface area contributed by atoms with Gasteiger partial charge in [0.1, 0.15) is 11.3 Å². The zero-order chi connectivity index (χ0) is 19.7. The number of carboxylic acid groups (broad SMARTS) is 1. The molecule has 5 heteroatoms. The van der Waals surface area contributed by atoms with E-state index in [4.69, 9.17) is 27.6 Å². The minimum absolute atomic E-state index is 0.0772. The smallest absolute Gasteiger partial charge is 0.307 e. The number of furan rings is 1. The molecule has 1 N–H and O–H groups in total. The van der Waals surface area contributed by atoms with Crippen LogP contribution in [0.2, 0.25) is 10.0 Å². The molecular formula is C23H16Cl2O3. The van der Waals surface area contributed by atoms with Gasteiger partial charge >= 0.3 is 5.97 Å². The molecule has 4 rings (SSSR count).